The fraction of sp³-hybridized carbons (Fsp3) is 0.611. The minimum atomic E-state index is 0.0731. The molecule has 0 unspecified atom stereocenters. The molecule has 0 aliphatic carbocycles. The third kappa shape index (κ3) is 3.57. The fourth-order valence-electron chi connectivity index (χ4n) is 3.89. The van der Waals surface area contributed by atoms with E-state index in [2.05, 4.69) is 16.8 Å². The highest BCUT2D eigenvalue weighted by molar-refractivity contribution is 6.42. The molecular formula is C18H25Cl2N3O. The van der Waals surface area contributed by atoms with Gasteiger partial charge < -0.3 is 4.90 Å². The van der Waals surface area contributed by atoms with Crippen LogP contribution in [0, 0.1) is 0 Å². The minimum absolute atomic E-state index is 0.0731. The molecule has 2 heterocycles. The number of halogens is 2. The van der Waals surface area contributed by atoms with Crippen LogP contribution in [0.4, 0.5) is 0 Å². The van der Waals surface area contributed by atoms with Crippen LogP contribution in [-0.2, 0) is 11.3 Å². The van der Waals surface area contributed by atoms with Gasteiger partial charge in [0.25, 0.3) is 0 Å². The van der Waals surface area contributed by atoms with Gasteiger partial charge in [0.1, 0.15) is 0 Å². The average Bonchev–Trinajstić information content (AvgIpc) is 2.70. The van der Waals surface area contributed by atoms with Crippen LogP contribution in [0.15, 0.2) is 18.2 Å². The Bertz CT molecular complexity index is 624. The van der Waals surface area contributed by atoms with Crippen LogP contribution >= 0.6 is 23.2 Å². The lowest BCUT2D eigenvalue weighted by Crippen LogP contribution is -2.60. The fourth-order valence-corrected chi connectivity index (χ4v) is 4.27. The summed E-state index contributed by atoms with van der Waals surface area (Å²) in [6.45, 7) is 4.61. The number of hydrogen-bond acceptors (Lipinski definition) is 3. The molecule has 1 aromatic rings. The van der Waals surface area contributed by atoms with Crippen LogP contribution in [0.3, 0.4) is 0 Å². The maximum atomic E-state index is 12.1. The molecule has 0 saturated carbocycles. The van der Waals surface area contributed by atoms with Crippen molar-refractivity contribution in [2.24, 2.45) is 0 Å². The molecule has 0 aromatic heterocycles. The highest BCUT2D eigenvalue weighted by Gasteiger charge is 2.41. The van der Waals surface area contributed by atoms with E-state index in [0.29, 0.717) is 16.5 Å². The molecule has 3 rings (SSSR count). The Balaban J connectivity index is 1.75. The van der Waals surface area contributed by atoms with Gasteiger partial charge in [0.2, 0.25) is 5.91 Å². The molecule has 1 spiro atoms. The SMILES string of the molecule is CN1CC[C@]2(CCC1=O)CN(Cc1cccc(Cl)c1Cl)CCN2C. The average molecular weight is 370 g/mol. The Morgan fingerprint density at radius 1 is 1.12 bits per heavy atom. The van der Waals surface area contributed by atoms with Gasteiger partial charge in [-0.2, -0.15) is 0 Å². The van der Waals surface area contributed by atoms with E-state index >= 15 is 0 Å². The monoisotopic (exact) mass is 369 g/mol. The van der Waals surface area contributed by atoms with Gasteiger partial charge in [0.15, 0.2) is 0 Å². The van der Waals surface area contributed by atoms with E-state index in [0.717, 1.165) is 51.1 Å². The number of benzene rings is 1. The first-order valence-corrected chi connectivity index (χ1v) is 9.27. The van der Waals surface area contributed by atoms with Crippen molar-refractivity contribution in [3.8, 4) is 0 Å². The van der Waals surface area contributed by atoms with Crippen molar-refractivity contribution in [1.82, 2.24) is 14.7 Å². The summed E-state index contributed by atoms with van der Waals surface area (Å²) in [5, 5.41) is 1.27. The summed E-state index contributed by atoms with van der Waals surface area (Å²) < 4.78 is 0. The predicted molar refractivity (Wildman–Crippen MR) is 98.6 cm³/mol. The number of hydrogen-bond donors (Lipinski definition) is 0. The molecule has 2 saturated heterocycles. The number of amides is 1. The van der Waals surface area contributed by atoms with E-state index in [1.807, 2.05) is 30.1 Å². The third-order valence-electron chi connectivity index (χ3n) is 5.65. The third-order valence-corrected chi connectivity index (χ3v) is 6.51. The molecular weight excluding hydrogens is 345 g/mol. The van der Waals surface area contributed by atoms with Gasteiger partial charge in [-0.3, -0.25) is 14.6 Å². The predicted octanol–water partition coefficient (Wildman–Crippen LogP) is 3.12. The summed E-state index contributed by atoms with van der Waals surface area (Å²) in [4.78, 5) is 18.8. The van der Waals surface area contributed by atoms with E-state index in [9.17, 15) is 4.79 Å². The highest BCUT2D eigenvalue weighted by atomic mass is 35.5. The first kappa shape index (κ1) is 18.0. The lowest BCUT2D eigenvalue weighted by Gasteiger charge is -2.49. The maximum Gasteiger partial charge on any atom is 0.222 e. The summed E-state index contributed by atoms with van der Waals surface area (Å²) >= 11 is 12.5. The van der Waals surface area contributed by atoms with Gasteiger partial charge in [-0.05, 0) is 31.5 Å². The summed E-state index contributed by atoms with van der Waals surface area (Å²) in [6.07, 6.45) is 2.57. The van der Waals surface area contributed by atoms with Gasteiger partial charge in [0, 0.05) is 51.7 Å². The Kier molecular flexibility index (Phi) is 5.40. The maximum absolute atomic E-state index is 12.1. The van der Waals surface area contributed by atoms with Gasteiger partial charge in [-0.25, -0.2) is 0 Å². The molecule has 2 aliphatic heterocycles. The Labute approximate surface area is 154 Å². The van der Waals surface area contributed by atoms with E-state index in [4.69, 9.17) is 23.2 Å². The zero-order chi connectivity index (χ0) is 17.3. The standard InChI is InChI=1S/C18H25Cl2N3O/c1-21-9-8-18(7-6-16(21)24)13-23(11-10-22(18)2)12-14-4-3-5-15(19)17(14)20/h3-5H,6-13H2,1-2H3/t18-/m1/s1. The molecule has 1 aromatic carbocycles. The quantitative estimate of drug-likeness (QED) is 0.801. The Morgan fingerprint density at radius 3 is 2.71 bits per heavy atom. The van der Waals surface area contributed by atoms with Crippen LogP contribution in [0.2, 0.25) is 10.0 Å². The number of rotatable bonds is 2. The van der Waals surface area contributed by atoms with Crippen molar-refractivity contribution in [2.75, 3.05) is 40.3 Å². The van der Waals surface area contributed by atoms with Gasteiger partial charge in [-0.1, -0.05) is 35.3 Å². The number of carbonyl (C=O) groups is 1. The van der Waals surface area contributed by atoms with Crippen molar-refractivity contribution in [3.05, 3.63) is 33.8 Å². The van der Waals surface area contributed by atoms with Crippen molar-refractivity contribution in [3.63, 3.8) is 0 Å². The second-order valence-electron chi connectivity index (χ2n) is 7.13. The molecule has 4 nitrogen and oxygen atoms in total. The van der Waals surface area contributed by atoms with E-state index in [-0.39, 0.29) is 11.4 Å². The summed E-state index contributed by atoms with van der Waals surface area (Å²) in [7, 11) is 4.10. The summed E-state index contributed by atoms with van der Waals surface area (Å²) in [5.41, 5.74) is 1.15. The lowest BCUT2D eigenvalue weighted by molar-refractivity contribution is -0.129. The minimum Gasteiger partial charge on any atom is -0.346 e. The molecule has 0 N–H and O–H groups in total. The molecule has 6 heteroatoms. The molecule has 0 radical (unpaired) electrons. The van der Waals surface area contributed by atoms with E-state index in [1.54, 1.807) is 0 Å². The largest absolute Gasteiger partial charge is 0.346 e. The molecule has 0 bridgehead atoms. The van der Waals surface area contributed by atoms with Crippen LogP contribution < -0.4 is 0 Å². The van der Waals surface area contributed by atoms with Gasteiger partial charge in [-0.15, -0.1) is 0 Å². The van der Waals surface area contributed by atoms with Crippen LogP contribution in [-0.4, -0.2) is 66.4 Å². The second kappa shape index (κ2) is 7.20. The molecule has 1 atom stereocenters. The number of likely N-dealkylation sites (N-methyl/N-ethyl adjacent to an activating group) is 1. The molecule has 1 amide bonds. The molecule has 2 fully saturated rings. The Hall–Kier alpha value is -0.810. The van der Waals surface area contributed by atoms with Crippen LogP contribution in [0.5, 0.6) is 0 Å². The Morgan fingerprint density at radius 2 is 1.92 bits per heavy atom. The van der Waals surface area contributed by atoms with Crippen molar-refractivity contribution in [1.29, 1.82) is 0 Å². The first-order valence-electron chi connectivity index (χ1n) is 8.52. The molecule has 2 aliphatic rings. The lowest BCUT2D eigenvalue weighted by atomic mass is 9.86. The molecule has 24 heavy (non-hydrogen) atoms. The number of carbonyl (C=O) groups excluding carboxylic acids is 1. The van der Waals surface area contributed by atoms with Gasteiger partial charge >= 0.3 is 0 Å². The zero-order valence-corrected chi connectivity index (χ0v) is 15.9. The van der Waals surface area contributed by atoms with E-state index in [1.165, 1.54) is 0 Å². The van der Waals surface area contributed by atoms with Crippen molar-refractivity contribution >= 4 is 29.1 Å². The number of piperazine rings is 1. The highest BCUT2D eigenvalue weighted by Crippen LogP contribution is 2.33. The number of nitrogens with zero attached hydrogens (tertiary/aromatic N) is 3. The first-order chi connectivity index (χ1) is 11.4. The number of likely N-dealkylation sites (tertiary alicyclic amines) is 1. The normalized spacial score (nSPS) is 26.8. The molecule has 132 valence electrons. The van der Waals surface area contributed by atoms with Crippen molar-refractivity contribution in [2.45, 2.75) is 31.3 Å². The topological polar surface area (TPSA) is 26.8 Å². The second-order valence-corrected chi connectivity index (χ2v) is 7.92. The zero-order valence-electron chi connectivity index (χ0n) is 14.4. The summed E-state index contributed by atoms with van der Waals surface area (Å²) in [6, 6.07) is 5.82. The smallest absolute Gasteiger partial charge is 0.222 e. The van der Waals surface area contributed by atoms with E-state index < -0.39 is 0 Å². The van der Waals surface area contributed by atoms with Crippen LogP contribution in [0.1, 0.15) is 24.8 Å². The van der Waals surface area contributed by atoms with Crippen molar-refractivity contribution < 1.29 is 4.79 Å². The van der Waals surface area contributed by atoms with Gasteiger partial charge in [0.05, 0.1) is 10.0 Å². The van der Waals surface area contributed by atoms with Crippen LogP contribution in [0.25, 0.3) is 0 Å². The summed E-state index contributed by atoms with van der Waals surface area (Å²) in [5.74, 6) is 0.260.